The molecule has 0 aromatic heterocycles. The van der Waals surface area contributed by atoms with Crippen LogP contribution in [0.25, 0.3) is 0 Å². The van der Waals surface area contributed by atoms with Crippen molar-refractivity contribution in [1.29, 1.82) is 0 Å². The van der Waals surface area contributed by atoms with Crippen molar-refractivity contribution in [2.75, 3.05) is 17.3 Å². The van der Waals surface area contributed by atoms with Crippen molar-refractivity contribution in [2.24, 2.45) is 0 Å². The van der Waals surface area contributed by atoms with Crippen LogP contribution in [0, 0.1) is 0 Å². The Bertz CT molecular complexity index is 140. The van der Waals surface area contributed by atoms with E-state index in [1.807, 2.05) is 23.5 Å². The van der Waals surface area contributed by atoms with E-state index < -0.39 is 0 Å². The molecule has 0 amide bonds. The second kappa shape index (κ2) is 6.63. The molecule has 78 valence electrons. The molecular formula is C7H14S6. The van der Waals surface area contributed by atoms with Crippen molar-refractivity contribution < 1.29 is 0 Å². The molecule has 3 unspecified atom stereocenters. The summed E-state index contributed by atoms with van der Waals surface area (Å²) in [4.78, 5) is 0. The number of hydrogen-bond acceptors (Lipinski definition) is 6. The lowest BCUT2D eigenvalue weighted by Crippen LogP contribution is -2.18. The van der Waals surface area contributed by atoms with Crippen LogP contribution in [0.4, 0.5) is 0 Å². The SMILES string of the molecule is SCC(S)C1SC(CS)C(CS)S1. The zero-order valence-corrected chi connectivity index (χ0v) is 12.2. The maximum absolute atomic E-state index is 4.52. The molecule has 0 saturated carbocycles. The Kier molecular flexibility index (Phi) is 6.72. The number of rotatable bonds is 4. The van der Waals surface area contributed by atoms with Crippen LogP contribution < -0.4 is 0 Å². The molecule has 0 aromatic carbocycles. The highest BCUT2D eigenvalue weighted by atomic mass is 32.2. The standard InChI is InChI=1S/C7H14S6/c8-1-4(11)7-12-5(2-9)6(3-10)13-7/h4-11H,1-3H2. The van der Waals surface area contributed by atoms with Crippen LogP contribution in [-0.2, 0) is 0 Å². The quantitative estimate of drug-likeness (QED) is 0.588. The van der Waals surface area contributed by atoms with Crippen molar-refractivity contribution in [3.8, 4) is 0 Å². The van der Waals surface area contributed by atoms with E-state index in [0.717, 1.165) is 17.3 Å². The Morgan fingerprint density at radius 1 is 1.00 bits per heavy atom. The topological polar surface area (TPSA) is 0 Å². The van der Waals surface area contributed by atoms with Gasteiger partial charge in [0.1, 0.15) is 0 Å². The van der Waals surface area contributed by atoms with Gasteiger partial charge in [-0.15, -0.1) is 23.5 Å². The maximum Gasteiger partial charge on any atom is 0.0633 e. The number of thiol groups is 4. The molecule has 13 heavy (non-hydrogen) atoms. The number of thioether (sulfide) groups is 2. The lowest BCUT2D eigenvalue weighted by Gasteiger charge is -2.14. The van der Waals surface area contributed by atoms with Crippen molar-refractivity contribution in [1.82, 2.24) is 0 Å². The summed E-state index contributed by atoms with van der Waals surface area (Å²) < 4.78 is 0.565. The first-order valence-electron chi connectivity index (χ1n) is 4.04. The largest absolute Gasteiger partial charge is 0.178 e. The Labute approximate surface area is 111 Å². The predicted octanol–water partition coefficient (Wildman–Crippen LogP) is 2.62. The van der Waals surface area contributed by atoms with Crippen LogP contribution in [0.1, 0.15) is 0 Å². The van der Waals surface area contributed by atoms with Crippen molar-refractivity contribution >= 4 is 74.0 Å². The molecule has 3 atom stereocenters. The monoisotopic (exact) mass is 290 g/mol. The molecule has 1 saturated heterocycles. The van der Waals surface area contributed by atoms with E-state index in [2.05, 4.69) is 50.5 Å². The third kappa shape index (κ3) is 3.55. The fraction of sp³-hybridized carbons (Fsp3) is 1.00. The average Bonchev–Trinajstić information content (AvgIpc) is 2.59. The van der Waals surface area contributed by atoms with E-state index in [-0.39, 0.29) is 0 Å². The predicted molar refractivity (Wildman–Crippen MR) is 80.9 cm³/mol. The molecule has 0 radical (unpaired) electrons. The van der Waals surface area contributed by atoms with Gasteiger partial charge in [0.05, 0.1) is 4.58 Å². The van der Waals surface area contributed by atoms with Gasteiger partial charge in [-0.1, -0.05) is 0 Å². The van der Waals surface area contributed by atoms with E-state index >= 15 is 0 Å². The van der Waals surface area contributed by atoms with Crippen LogP contribution >= 0.6 is 74.0 Å². The molecule has 0 N–H and O–H groups in total. The molecular weight excluding hydrogens is 276 g/mol. The van der Waals surface area contributed by atoms with Gasteiger partial charge in [-0.2, -0.15) is 50.5 Å². The van der Waals surface area contributed by atoms with Gasteiger partial charge < -0.3 is 0 Å². The van der Waals surface area contributed by atoms with E-state index in [9.17, 15) is 0 Å². The van der Waals surface area contributed by atoms with Gasteiger partial charge in [-0.05, 0) is 0 Å². The normalized spacial score (nSPS) is 36.5. The summed E-state index contributed by atoms with van der Waals surface area (Å²) in [5, 5.41) is 1.64. The van der Waals surface area contributed by atoms with Crippen molar-refractivity contribution in [2.45, 2.75) is 20.3 Å². The van der Waals surface area contributed by atoms with Gasteiger partial charge in [-0.3, -0.25) is 0 Å². The fourth-order valence-corrected chi connectivity index (χ4v) is 6.83. The Morgan fingerprint density at radius 3 is 1.77 bits per heavy atom. The number of hydrogen-bond donors (Lipinski definition) is 4. The van der Waals surface area contributed by atoms with E-state index in [1.54, 1.807) is 0 Å². The third-order valence-corrected chi connectivity index (χ3v) is 8.46. The molecule has 1 aliphatic rings. The van der Waals surface area contributed by atoms with Gasteiger partial charge in [0.25, 0.3) is 0 Å². The summed E-state index contributed by atoms with van der Waals surface area (Å²) in [6.07, 6.45) is 0. The minimum atomic E-state index is 0.380. The zero-order chi connectivity index (χ0) is 9.84. The summed E-state index contributed by atoms with van der Waals surface area (Å²) in [5.41, 5.74) is 0. The minimum absolute atomic E-state index is 0.380. The zero-order valence-electron chi connectivity index (χ0n) is 7.04. The highest BCUT2D eigenvalue weighted by molar-refractivity contribution is 8.22. The Morgan fingerprint density at radius 2 is 1.46 bits per heavy atom. The molecule has 0 nitrogen and oxygen atoms in total. The smallest absolute Gasteiger partial charge is 0.0633 e. The minimum Gasteiger partial charge on any atom is -0.178 e. The highest BCUT2D eigenvalue weighted by Gasteiger charge is 2.36. The molecule has 0 aromatic rings. The van der Waals surface area contributed by atoms with Gasteiger partial charge in [0.2, 0.25) is 0 Å². The molecule has 0 aliphatic carbocycles. The molecule has 0 spiro atoms. The fourth-order valence-electron chi connectivity index (χ4n) is 1.14. The summed E-state index contributed by atoms with van der Waals surface area (Å²) in [6, 6.07) is 0. The van der Waals surface area contributed by atoms with Crippen molar-refractivity contribution in [3.63, 3.8) is 0 Å². The van der Waals surface area contributed by atoms with Gasteiger partial charge in [0.15, 0.2) is 0 Å². The van der Waals surface area contributed by atoms with Gasteiger partial charge in [0, 0.05) is 33.0 Å². The first-order chi connectivity index (χ1) is 6.22. The first kappa shape index (κ1) is 13.2. The van der Waals surface area contributed by atoms with Crippen LogP contribution in [0.2, 0.25) is 0 Å². The molecule has 1 heterocycles. The highest BCUT2D eigenvalue weighted by Crippen LogP contribution is 2.47. The van der Waals surface area contributed by atoms with E-state index in [4.69, 9.17) is 0 Å². The van der Waals surface area contributed by atoms with Crippen LogP contribution in [0.15, 0.2) is 0 Å². The summed E-state index contributed by atoms with van der Waals surface area (Å²) >= 11 is 21.5. The Hall–Kier alpha value is 2.10. The summed E-state index contributed by atoms with van der Waals surface area (Å²) in [7, 11) is 0. The lowest BCUT2D eigenvalue weighted by molar-refractivity contribution is 0.969. The molecule has 1 fully saturated rings. The molecule has 1 rings (SSSR count). The average molecular weight is 291 g/mol. The Balaban J connectivity index is 2.47. The molecule has 6 heteroatoms. The lowest BCUT2D eigenvalue weighted by atomic mass is 10.3. The molecule has 0 bridgehead atoms. The maximum atomic E-state index is 4.52. The van der Waals surface area contributed by atoms with Gasteiger partial charge in [-0.25, -0.2) is 0 Å². The summed E-state index contributed by atoms with van der Waals surface area (Å²) in [6.45, 7) is 0. The van der Waals surface area contributed by atoms with E-state index in [1.165, 1.54) is 0 Å². The van der Waals surface area contributed by atoms with E-state index in [0.29, 0.717) is 20.3 Å². The third-order valence-electron chi connectivity index (χ3n) is 1.89. The second-order valence-corrected chi connectivity index (χ2v) is 7.66. The van der Waals surface area contributed by atoms with Crippen LogP contribution in [-0.4, -0.2) is 37.6 Å². The van der Waals surface area contributed by atoms with Crippen LogP contribution in [0.3, 0.4) is 0 Å². The first-order valence-corrected chi connectivity index (χ1v) is 8.34. The van der Waals surface area contributed by atoms with Crippen molar-refractivity contribution in [3.05, 3.63) is 0 Å². The summed E-state index contributed by atoms with van der Waals surface area (Å²) in [5.74, 6) is 2.71. The molecule has 1 aliphatic heterocycles. The van der Waals surface area contributed by atoms with Gasteiger partial charge >= 0.3 is 0 Å². The van der Waals surface area contributed by atoms with Crippen LogP contribution in [0.5, 0.6) is 0 Å². The second-order valence-electron chi connectivity index (χ2n) is 2.83.